The third-order valence-electron chi connectivity index (χ3n) is 7.62. The van der Waals surface area contributed by atoms with Crippen LogP contribution in [0.3, 0.4) is 0 Å². The van der Waals surface area contributed by atoms with Crippen molar-refractivity contribution < 1.29 is 30.7 Å². The Hall–Kier alpha value is -3.42. The number of piperidine rings is 1. The van der Waals surface area contributed by atoms with E-state index in [9.17, 15) is 26.0 Å². The number of aromatic nitrogens is 1. The van der Waals surface area contributed by atoms with Crippen LogP contribution in [0.2, 0.25) is 0 Å². The number of fused-ring (bicyclic) bond motifs is 1. The van der Waals surface area contributed by atoms with Crippen molar-refractivity contribution in [2.45, 2.75) is 41.1 Å². The normalized spacial score (nSPS) is 18.0. The number of alkyl halides is 4. The fourth-order valence-electron chi connectivity index (χ4n) is 5.39. The molecule has 5 rings (SSSR count). The molecule has 0 spiro atoms. The van der Waals surface area contributed by atoms with Gasteiger partial charge in [-0.3, -0.25) is 0 Å². The van der Waals surface area contributed by atoms with Gasteiger partial charge in [-0.1, -0.05) is 18.2 Å². The molecule has 0 bridgehead atoms. The van der Waals surface area contributed by atoms with Crippen LogP contribution in [0, 0.1) is 0 Å². The second kappa shape index (κ2) is 12.9. The van der Waals surface area contributed by atoms with Crippen molar-refractivity contribution >= 4 is 43.9 Å². The minimum Gasteiger partial charge on any atom is -0.495 e. The standard InChI is InChI=1S/C31H34F4N4O3S2/c1-38-14-13-26(24(32)17-38)37-25-5-4-6-28-23(25)16-29(39(28)18-31(33,34)35)20-7-9-21(10-8-20)43-19-36-27-12-11-22(44(3,40)41)15-30(27)42-2/h4-12,15-16,24,26,36-37H,13-14,17-19H2,1-3H3/t24-,26+/m1/s1. The van der Waals surface area contributed by atoms with E-state index < -0.39 is 34.8 Å². The first-order valence-corrected chi connectivity index (χ1v) is 16.8. The van der Waals surface area contributed by atoms with E-state index in [1.165, 1.54) is 35.6 Å². The number of thioether (sulfide) groups is 1. The van der Waals surface area contributed by atoms with E-state index in [4.69, 9.17) is 4.74 Å². The average molecular weight is 651 g/mol. The summed E-state index contributed by atoms with van der Waals surface area (Å²) in [6.45, 7) is -0.121. The van der Waals surface area contributed by atoms with Gasteiger partial charge in [0.2, 0.25) is 0 Å². The van der Waals surface area contributed by atoms with Crippen molar-refractivity contribution in [2.24, 2.45) is 0 Å². The van der Waals surface area contributed by atoms with Crippen LogP contribution in [-0.2, 0) is 16.4 Å². The fraction of sp³-hybridized carbons (Fsp3) is 0.355. The summed E-state index contributed by atoms with van der Waals surface area (Å²) in [4.78, 5) is 2.96. The number of nitrogens with zero attached hydrogens (tertiary/aromatic N) is 2. The van der Waals surface area contributed by atoms with E-state index in [0.29, 0.717) is 58.1 Å². The minimum absolute atomic E-state index is 0.155. The first kappa shape index (κ1) is 32.0. The Morgan fingerprint density at radius 1 is 1.05 bits per heavy atom. The number of nitrogens with one attached hydrogen (secondary N) is 2. The van der Waals surface area contributed by atoms with E-state index in [2.05, 4.69) is 10.6 Å². The molecule has 44 heavy (non-hydrogen) atoms. The van der Waals surface area contributed by atoms with E-state index in [0.717, 1.165) is 17.7 Å². The molecule has 1 fully saturated rings. The van der Waals surface area contributed by atoms with Gasteiger partial charge in [-0.05, 0) is 61.5 Å². The number of anilines is 2. The molecule has 1 aliphatic rings. The molecule has 2 heterocycles. The first-order chi connectivity index (χ1) is 20.8. The summed E-state index contributed by atoms with van der Waals surface area (Å²) >= 11 is 1.47. The summed E-state index contributed by atoms with van der Waals surface area (Å²) in [6.07, 6.45) is -3.81. The summed E-state index contributed by atoms with van der Waals surface area (Å²) < 4.78 is 86.3. The highest BCUT2D eigenvalue weighted by Crippen LogP contribution is 2.37. The topological polar surface area (TPSA) is 75.6 Å². The van der Waals surface area contributed by atoms with Crippen LogP contribution in [-0.4, -0.2) is 75.7 Å². The van der Waals surface area contributed by atoms with Crippen molar-refractivity contribution in [2.75, 3.05) is 50.0 Å². The van der Waals surface area contributed by atoms with Crippen LogP contribution in [0.4, 0.5) is 28.9 Å². The molecule has 4 aromatic rings. The Morgan fingerprint density at radius 2 is 1.80 bits per heavy atom. The largest absolute Gasteiger partial charge is 0.495 e. The molecule has 1 aromatic heterocycles. The first-order valence-electron chi connectivity index (χ1n) is 14.0. The molecule has 0 aliphatic carbocycles. The monoisotopic (exact) mass is 650 g/mol. The molecule has 2 atom stereocenters. The van der Waals surface area contributed by atoms with Gasteiger partial charge in [0.05, 0.1) is 35.1 Å². The van der Waals surface area contributed by atoms with Crippen LogP contribution >= 0.6 is 11.8 Å². The lowest BCUT2D eigenvalue weighted by atomic mass is 10.0. The molecule has 0 unspecified atom stereocenters. The van der Waals surface area contributed by atoms with Crippen LogP contribution < -0.4 is 15.4 Å². The van der Waals surface area contributed by atoms with Crippen molar-refractivity contribution in [3.63, 3.8) is 0 Å². The summed E-state index contributed by atoms with van der Waals surface area (Å²) in [5.41, 5.74) is 2.69. The Balaban J connectivity index is 1.36. The van der Waals surface area contributed by atoms with Crippen molar-refractivity contribution in [3.05, 3.63) is 66.7 Å². The van der Waals surface area contributed by atoms with Crippen molar-refractivity contribution in [3.8, 4) is 17.0 Å². The van der Waals surface area contributed by atoms with Gasteiger partial charge in [0.1, 0.15) is 18.5 Å². The van der Waals surface area contributed by atoms with Gasteiger partial charge in [-0.25, -0.2) is 12.8 Å². The molecule has 7 nitrogen and oxygen atoms in total. The number of ether oxygens (including phenoxy) is 1. The Bertz CT molecular complexity index is 1730. The number of hydrogen-bond donors (Lipinski definition) is 2. The number of halogens is 4. The number of hydrogen-bond acceptors (Lipinski definition) is 7. The molecule has 0 amide bonds. The highest BCUT2D eigenvalue weighted by atomic mass is 32.2. The smallest absolute Gasteiger partial charge is 0.406 e. The zero-order chi connectivity index (χ0) is 31.6. The summed E-state index contributed by atoms with van der Waals surface area (Å²) in [6, 6.07) is 18.3. The Morgan fingerprint density at radius 3 is 2.45 bits per heavy atom. The quantitative estimate of drug-likeness (QED) is 0.110. The second-order valence-corrected chi connectivity index (χ2v) is 14.0. The zero-order valence-electron chi connectivity index (χ0n) is 24.5. The third-order valence-corrected chi connectivity index (χ3v) is 9.63. The minimum atomic E-state index is -4.44. The fourth-order valence-corrected chi connectivity index (χ4v) is 6.74. The highest BCUT2D eigenvalue weighted by molar-refractivity contribution is 7.99. The maximum Gasteiger partial charge on any atom is 0.406 e. The van der Waals surface area contributed by atoms with Gasteiger partial charge >= 0.3 is 6.18 Å². The van der Waals surface area contributed by atoms with Gasteiger partial charge in [0, 0.05) is 47.1 Å². The SMILES string of the molecule is COc1cc(S(C)(=O)=O)ccc1NCSc1ccc(-c2cc3c(N[C@H]4CCN(C)C[C@H]4F)cccc3n2CC(F)(F)F)cc1. The molecule has 3 aromatic carbocycles. The lowest BCUT2D eigenvalue weighted by Gasteiger charge is -2.33. The van der Waals surface area contributed by atoms with E-state index in [-0.39, 0.29) is 4.90 Å². The van der Waals surface area contributed by atoms with E-state index in [1.54, 1.807) is 42.5 Å². The number of rotatable bonds is 10. The second-order valence-electron chi connectivity index (χ2n) is 10.9. The lowest BCUT2D eigenvalue weighted by molar-refractivity contribution is -0.139. The molecular formula is C31H34F4N4O3S2. The molecule has 1 saturated heterocycles. The van der Waals surface area contributed by atoms with Gasteiger partial charge in [0.25, 0.3) is 0 Å². The maximum absolute atomic E-state index is 14.8. The summed E-state index contributed by atoms with van der Waals surface area (Å²) in [5, 5.41) is 7.09. The van der Waals surface area contributed by atoms with Crippen LogP contribution in [0.15, 0.2) is 76.5 Å². The number of methoxy groups -OCH3 is 1. The van der Waals surface area contributed by atoms with E-state index in [1.807, 2.05) is 24.1 Å². The molecule has 1 aliphatic heterocycles. The van der Waals surface area contributed by atoms with Gasteiger partial charge in [-0.15, -0.1) is 11.8 Å². The van der Waals surface area contributed by atoms with Gasteiger partial charge in [-0.2, -0.15) is 13.2 Å². The molecule has 2 N–H and O–H groups in total. The molecule has 236 valence electrons. The molecule has 0 saturated carbocycles. The summed E-state index contributed by atoms with van der Waals surface area (Å²) in [7, 11) is -0.0483. The van der Waals surface area contributed by atoms with Crippen LogP contribution in [0.1, 0.15) is 6.42 Å². The highest BCUT2D eigenvalue weighted by Gasteiger charge is 2.31. The molecular weight excluding hydrogens is 616 g/mol. The zero-order valence-corrected chi connectivity index (χ0v) is 26.1. The Labute approximate surface area is 258 Å². The van der Waals surface area contributed by atoms with Crippen LogP contribution in [0.25, 0.3) is 22.2 Å². The van der Waals surface area contributed by atoms with Gasteiger partial charge < -0.3 is 24.8 Å². The molecule has 13 heteroatoms. The summed E-state index contributed by atoms with van der Waals surface area (Å²) in [5.74, 6) is 0.831. The predicted molar refractivity (Wildman–Crippen MR) is 168 cm³/mol. The lowest BCUT2D eigenvalue weighted by Crippen LogP contribution is -2.46. The van der Waals surface area contributed by atoms with Crippen LogP contribution in [0.5, 0.6) is 5.75 Å². The number of sulfone groups is 1. The Kier molecular flexibility index (Phi) is 9.38. The number of likely N-dealkylation sites (tertiary alicyclic amines) is 1. The maximum atomic E-state index is 14.8. The van der Waals surface area contributed by atoms with Crippen molar-refractivity contribution in [1.29, 1.82) is 0 Å². The molecule has 0 radical (unpaired) electrons. The van der Waals surface area contributed by atoms with Gasteiger partial charge in [0.15, 0.2) is 9.84 Å². The third kappa shape index (κ3) is 7.44. The van der Waals surface area contributed by atoms with E-state index >= 15 is 0 Å². The number of benzene rings is 3. The average Bonchev–Trinajstić information content (AvgIpc) is 3.32. The predicted octanol–water partition coefficient (Wildman–Crippen LogP) is 6.90. The van der Waals surface area contributed by atoms with Crippen molar-refractivity contribution in [1.82, 2.24) is 9.47 Å².